The molecule has 2 aliphatic rings. The van der Waals surface area contributed by atoms with Gasteiger partial charge in [0.15, 0.2) is 0 Å². The van der Waals surface area contributed by atoms with Crippen LogP contribution >= 0.6 is 0 Å². The summed E-state index contributed by atoms with van der Waals surface area (Å²) in [4.78, 5) is 7.14. The molecule has 2 fully saturated rings. The Morgan fingerprint density at radius 2 is 2.05 bits per heavy atom. The SMILES string of the molecule is COC1CCN(c2cccc(CNC3CC3)n2)CC1. The normalized spacial score (nSPS) is 20.8. The van der Waals surface area contributed by atoms with Gasteiger partial charge in [0, 0.05) is 32.8 Å². The van der Waals surface area contributed by atoms with Gasteiger partial charge in [-0.05, 0) is 37.8 Å². The molecule has 0 bridgehead atoms. The first-order valence-electron chi connectivity index (χ1n) is 7.32. The van der Waals surface area contributed by atoms with Gasteiger partial charge in [0.05, 0.1) is 11.8 Å². The summed E-state index contributed by atoms with van der Waals surface area (Å²) in [7, 11) is 1.81. The number of aromatic nitrogens is 1. The average molecular weight is 261 g/mol. The minimum atomic E-state index is 0.427. The lowest BCUT2D eigenvalue weighted by molar-refractivity contribution is 0.0818. The number of hydrogen-bond donors (Lipinski definition) is 1. The second-order valence-corrected chi connectivity index (χ2v) is 5.56. The Kier molecular flexibility index (Phi) is 3.99. The van der Waals surface area contributed by atoms with Gasteiger partial charge in [-0.15, -0.1) is 0 Å². The minimum absolute atomic E-state index is 0.427. The van der Waals surface area contributed by atoms with Gasteiger partial charge in [0.25, 0.3) is 0 Å². The number of hydrogen-bond acceptors (Lipinski definition) is 4. The molecule has 0 atom stereocenters. The summed E-state index contributed by atoms with van der Waals surface area (Å²) in [5.41, 5.74) is 1.15. The van der Waals surface area contributed by atoms with Crippen molar-refractivity contribution in [3.05, 3.63) is 23.9 Å². The summed E-state index contributed by atoms with van der Waals surface area (Å²) in [6.07, 6.45) is 5.27. The summed E-state index contributed by atoms with van der Waals surface area (Å²) in [6, 6.07) is 7.09. The summed E-state index contributed by atoms with van der Waals surface area (Å²) in [6.45, 7) is 2.99. The Balaban J connectivity index is 1.58. The lowest BCUT2D eigenvalue weighted by Gasteiger charge is -2.32. The first-order valence-corrected chi connectivity index (χ1v) is 7.32. The molecular weight excluding hydrogens is 238 g/mol. The van der Waals surface area contributed by atoms with Gasteiger partial charge in [-0.3, -0.25) is 0 Å². The number of anilines is 1. The van der Waals surface area contributed by atoms with Gasteiger partial charge in [-0.2, -0.15) is 0 Å². The standard InChI is InChI=1S/C15H23N3O/c1-19-14-7-9-18(10-8-14)15-4-2-3-13(17-15)11-16-12-5-6-12/h2-4,12,14,16H,5-11H2,1H3. The fourth-order valence-electron chi connectivity index (χ4n) is 2.60. The van der Waals surface area contributed by atoms with Crippen molar-refractivity contribution < 1.29 is 4.74 Å². The summed E-state index contributed by atoms with van der Waals surface area (Å²) < 4.78 is 5.41. The maximum atomic E-state index is 5.41. The lowest BCUT2D eigenvalue weighted by atomic mass is 10.1. The van der Waals surface area contributed by atoms with E-state index < -0.39 is 0 Å². The Bertz CT molecular complexity index is 412. The zero-order chi connectivity index (χ0) is 13.1. The third kappa shape index (κ3) is 3.45. The van der Waals surface area contributed by atoms with Crippen LogP contribution in [0.1, 0.15) is 31.4 Å². The molecule has 1 aliphatic carbocycles. The van der Waals surface area contributed by atoms with Crippen molar-refractivity contribution in [3.63, 3.8) is 0 Å². The highest BCUT2D eigenvalue weighted by atomic mass is 16.5. The highest BCUT2D eigenvalue weighted by Gasteiger charge is 2.21. The first kappa shape index (κ1) is 12.9. The molecule has 0 radical (unpaired) electrons. The number of nitrogens with one attached hydrogen (secondary N) is 1. The van der Waals surface area contributed by atoms with E-state index in [1.807, 2.05) is 7.11 Å². The Morgan fingerprint density at radius 3 is 2.74 bits per heavy atom. The number of nitrogens with zero attached hydrogens (tertiary/aromatic N) is 2. The molecule has 104 valence electrons. The molecule has 1 aromatic rings. The summed E-state index contributed by atoms with van der Waals surface area (Å²) in [5.74, 6) is 1.12. The number of rotatable bonds is 5. The predicted octanol–water partition coefficient (Wildman–Crippen LogP) is 1.95. The van der Waals surface area contributed by atoms with Crippen LogP contribution in [0.4, 0.5) is 5.82 Å². The van der Waals surface area contributed by atoms with Crippen LogP contribution in [0.2, 0.25) is 0 Å². The monoisotopic (exact) mass is 261 g/mol. The van der Waals surface area contributed by atoms with Crippen molar-refractivity contribution in [2.75, 3.05) is 25.1 Å². The van der Waals surface area contributed by atoms with Crippen LogP contribution < -0.4 is 10.2 Å². The van der Waals surface area contributed by atoms with Crippen molar-refractivity contribution in [1.82, 2.24) is 10.3 Å². The zero-order valence-electron chi connectivity index (χ0n) is 11.6. The van der Waals surface area contributed by atoms with Gasteiger partial charge in [-0.25, -0.2) is 4.98 Å². The van der Waals surface area contributed by atoms with E-state index in [9.17, 15) is 0 Å². The van der Waals surface area contributed by atoms with Gasteiger partial charge in [-0.1, -0.05) is 6.07 Å². The number of pyridine rings is 1. The van der Waals surface area contributed by atoms with Crippen LogP contribution in [0.3, 0.4) is 0 Å². The highest BCUT2D eigenvalue weighted by molar-refractivity contribution is 5.39. The quantitative estimate of drug-likeness (QED) is 0.879. The minimum Gasteiger partial charge on any atom is -0.381 e. The van der Waals surface area contributed by atoms with Gasteiger partial charge in [0.2, 0.25) is 0 Å². The largest absolute Gasteiger partial charge is 0.381 e. The second-order valence-electron chi connectivity index (χ2n) is 5.56. The second kappa shape index (κ2) is 5.88. The van der Waals surface area contributed by atoms with Crippen molar-refractivity contribution >= 4 is 5.82 Å². The predicted molar refractivity (Wildman–Crippen MR) is 76.3 cm³/mol. The fourth-order valence-corrected chi connectivity index (χ4v) is 2.60. The molecule has 4 heteroatoms. The van der Waals surface area contributed by atoms with Crippen LogP contribution in [0.15, 0.2) is 18.2 Å². The van der Waals surface area contributed by atoms with E-state index in [1.54, 1.807) is 0 Å². The Labute approximate surface area is 115 Å². The molecule has 2 heterocycles. The summed E-state index contributed by atoms with van der Waals surface area (Å²) in [5, 5.41) is 3.52. The number of piperidine rings is 1. The van der Waals surface area contributed by atoms with E-state index in [-0.39, 0.29) is 0 Å². The molecule has 1 saturated heterocycles. The Hall–Kier alpha value is -1.13. The maximum Gasteiger partial charge on any atom is 0.128 e. The molecule has 3 rings (SSSR count). The molecule has 19 heavy (non-hydrogen) atoms. The van der Waals surface area contributed by atoms with Crippen LogP contribution in [0, 0.1) is 0 Å². The number of ether oxygens (including phenoxy) is 1. The van der Waals surface area contributed by atoms with E-state index in [0.717, 1.165) is 50.0 Å². The highest BCUT2D eigenvalue weighted by Crippen LogP contribution is 2.21. The maximum absolute atomic E-state index is 5.41. The van der Waals surface area contributed by atoms with Crippen LogP contribution in [0.5, 0.6) is 0 Å². The van der Waals surface area contributed by atoms with Crippen LogP contribution in [0.25, 0.3) is 0 Å². The average Bonchev–Trinajstić information content (AvgIpc) is 3.30. The van der Waals surface area contributed by atoms with Crippen molar-refractivity contribution in [3.8, 4) is 0 Å². The first-order chi connectivity index (χ1) is 9.35. The van der Waals surface area contributed by atoms with Crippen molar-refractivity contribution in [2.45, 2.75) is 44.4 Å². The third-order valence-corrected chi connectivity index (χ3v) is 4.04. The van der Waals surface area contributed by atoms with Crippen LogP contribution in [-0.4, -0.2) is 37.3 Å². The molecular formula is C15H23N3O. The van der Waals surface area contributed by atoms with E-state index in [2.05, 4.69) is 28.4 Å². The number of methoxy groups -OCH3 is 1. The smallest absolute Gasteiger partial charge is 0.128 e. The van der Waals surface area contributed by atoms with E-state index in [4.69, 9.17) is 9.72 Å². The van der Waals surface area contributed by atoms with Gasteiger partial charge < -0.3 is 15.0 Å². The molecule has 1 saturated carbocycles. The van der Waals surface area contributed by atoms with Crippen LogP contribution in [-0.2, 0) is 11.3 Å². The molecule has 0 unspecified atom stereocenters. The topological polar surface area (TPSA) is 37.4 Å². The van der Waals surface area contributed by atoms with Crippen molar-refractivity contribution in [1.29, 1.82) is 0 Å². The molecule has 0 amide bonds. The zero-order valence-corrected chi connectivity index (χ0v) is 11.6. The lowest BCUT2D eigenvalue weighted by Crippen LogP contribution is -2.37. The molecule has 1 N–H and O–H groups in total. The summed E-state index contributed by atoms with van der Waals surface area (Å²) >= 11 is 0. The molecule has 0 aromatic carbocycles. The van der Waals surface area contributed by atoms with E-state index >= 15 is 0 Å². The van der Waals surface area contributed by atoms with E-state index in [0.29, 0.717) is 6.10 Å². The van der Waals surface area contributed by atoms with E-state index in [1.165, 1.54) is 12.8 Å². The molecule has 1 aliphatic heterocycles. The van der Waals surface area contributed by atoms with Gasteiger partial charge >= 0.3 is 0 Å². The Morgan fingerprint density at radius 1 is 1.26 bits per heavy atom. The molecule has 1 aromatic heterocycles. The van der Waals surface area contributed by atoms with Gasteiger partial charge in [0.1, 0.15) is 5.82 Å². The third-order valence-electron chi connectivity index (χ3n) is 4.04. The molecule has 4 nitrogen and oxygen atoms in total. The fraction of sp³-hybridized carbons (Fsp3) is 0.667. The van der Waals surface area contributed by atoms with Crippen molar-refractivity contribution in [2.24, 2.45) is 0 Å². The molecule has 0 spiro atoms.